The summed E-state index contributed by atoms with van der Waals surface area (Å²) in [6.45, 7) is 0. The quantitative estimate of drug-likeness (QED) is 0.598. The van der Waals surface area contributed by atoms with E-state index in [1.807, 2.05) is 0 Å². The van der Waals surface area contributed by atoms with E-state index in [-0.39, 0.29) is 5.13 Å². The first-order valence-corrected chi connectivity index (χ1v) is 3.22. The van der Waals surface area contributed by atoms with Gasteiger partial charge >= 0.3 is 0 Å². The van der Waals surface area contributed by atoms with Crippen molar-refractivity contribution >= 4 is 27.3 Å². The zero-order valence-corrected chi connectivity index (χ0v) is 5.59. The zero-order chi connectivity index (χ0) is 5.28. The Morgan fingerprint density at radius 2 is 2.57 bits per heavy atom. The lowest BCUT2D eigenvalue weighted by Crippen LogP contribution is -1.61. The molecule has 0 aliphatic carbocycles. The molecule has 0 atom stereocenters. The van der Waals surface area contributed by atoms with Crippen LogP contribution in [0.2, 0.25) is 0 Å². The third-order valence-electron chi connectivity index (χ3n) is 0.484. The lowest BCUT2D eigenvalue weighted by molar-refractivity contribution is 0.646. The van der Waals surface area contributed by atoms with Crippen molar-refractivity contribution < 1.29 is 4.39 Å². The van der Waals surface area contributed by atoms with E-state index in [0.717, 1.165) is 11.3 Å². The molecule has 1 aromatic heterocycles. The molecule has 0 spiro atoms. The van der Waals surface area contributed by atoms with E-state index in [0.29, 0.717) is 4.60 Å². The van der Waals surface area contributed by atoms with Crippen molar-refractivity contribution in [3.8, 4) is 0 Å². The molecule has 0 N–H and O–H groups in total. The van der Waals surface area contributed by atoms with Gasteiger partial charge in [0.25, 0.3) is 0 Å². The standard InChI is InChI=1S/C3HBrFNS/c4-2-3(5)7-1-6-2/h1H. The van der Waals surface area contributed by atoms with Gasteiger partial charge in [-0.05, 0) is 15.9 Å². The van der Waals surface area contributed by atoms with E-state index in [1.165, 1.54) is 5.51 Å². The summed E-state index contributed by atoms with van der Waals surface area (Å²) in [5, 5.41) is -0.264. The zero-order valence-electron chi connectivity index (χ0n) is 3.19. The average Bonchev–Trinajstić information content (AvgIpc) is 1.91. The predicted molar refractivity (Wildman–Crippen MR) is 29.8 cm³/mol. The number of hydrogen-bond acceptors (Lipinski definition) is 2. The normalized spacial score (nSPS) is 9.43. The van der Waals surface area contributed by atoms with Crippen LogP contribution in [-0.2, 0) is 0 Å². The number of thiazole rings is 1. The minimum absolute atomic E-state index is 0.264. The van der Waals surface area contributed by atoms with Gasteiger partial charge in [0.2, 0.25) is 5.13 Å². The molecule has 38 valence electrons. The van der Waals surface area contributed by atoms with Crippen LogP contribution < -0.4 is 0 Å². The van der Waals surface area contributed by atoms with Crippen molar-refractivity contribution in [1.82, 2.24) is 4.98 Å². The van der Waals surface area contributed by atoms with Crippen molar-refractivity contribution in [2.75, 3.05) is 0 Å². The maximum Gasteiger partial charge on any atom is 0.210 e. The van der Waals surface area contributed by atoms with Crippen LogP contribution in [0, 0.1) is 5.13 Å². The fourth-order valence-corrected chi connectivity index (χ4v) is 1.14. The second-order valence-corrected chi connectivity index (χ2v) is 2.47. The summed E-state index contributed by atoms with van der Waals surface area (Å²) in [4.78, 5) is 3.58. The van der Waals surface area contributed by atoms with Crippen LogP contribution in [0.25, 0.3) is 0 Å². The maximum atomic E-state index is 12.0. The van der Waals surface area contributed by atoms with Crippen LogP contribution in [0.5, 0.6) is 0 Å². The predicted octanol–water partition coefficient (Wildman–Crippen LogP) is 2.04. The average molecular weight is 182 g/mol. The third kappa shape index (κ3) is 0.978. The fourth-order valence-electron chi connectivity index (χ4n) is 0.218. The SMILES string of the molecule is Fc1scnc1Br. The summed E-state index contributed by atoms with van der Waals surface area (Å²) in [5.41, 5.74) is 1.44. The number of hydrogen-bond donors (Lipinski definition) is 0. The van der Waals surface area contributed by atoms with Gasteiger partial charge in [0.15, 0.2) is 4.60 Å². The summed E-state index contributed by atoms with van der Waals surface area (Å²) >= 11 is 3.87. The van der Waals surface area contributed by atoms with Crippen LogP contribution in [-0.4, -0.2) is 4.98 Å². The summed E-state index contributed by atoms with van der Waals surface area (Å²) in [6.07, 6.45) is 0. The third-order valence-corrected chi connectivity index (χ3v) is 1.91. The molecule has 0 fully saturated rings. The van der Waals surface area contributed by atoms with Crippen LogP contribution in [0.4, 0.5) is 4.39 Å². The van der Waals surface area contributed by atoms with Gasteiger partial charge in [-0.1, -0.05) is 11.3 Å². The van der Waals surface area contributed by atoms with Crippen LogP contribution in [0.3, 0.4) is 0 Å². The second kappa shape index (κ2) is 1.88. The lowest BCUT2D eigenvalue weighted by atomic mass is 11.0. The molecule has 1 aromatic rings. The Morgan fingerprint density at radius 3 is 2.71 bits per heavy atom. The highest BCUT2D eigenvalue weighted by atomic mass is 79.9. The van der Waals surface area contributed by atoms with E-state index >= 15 is 0 Å². The molecule has 0 aliphatic heterocycles. The van der Waals surface area contributed by atoms with E-state index in [4.69, 9.17) is 0 Å². The van der Waals surface area contributed by atoms with Gasteiger partial charge in [-0.3, -0.25) is 0 Å². The molecule has 0 aromatic carbocycles. The van der Waals surface area contributed by atoms with Gasteiger partial charge in [0.05, 0.1) is 5.51 Å². The number of nitrogens with zero attached hydrogens (tertiary/aromatic N) is 1. The highest BCUT2D eigenvalue weighted by Gasteiger charge is 1.96. The Kier molecular flexibility index (Phi) is 1.39. The Morgan fingerprint density at radius 1 is 1.86 bits per heavy atom. The molecular formula is C3HBrFNS. The van der Waals surface area contributed by atoms with E-state index in [1.54, 1.807) is 0 Å². The second-order valence-electron chi connectivity index (χ2n) is 0.917. The molecule has 0 radical (unpaired) electrons. The topological polar surface area (TPSA) is 12.9 Å². The van der Waals surface area contributed by atoms with Gasteiger partial charge in [-0.25, -0.2) is 4.98 Å². The number of rotatable bonds is 0. The van der Waals surface area contributed by atoms with E-state index in [9.17, 15) is 4.39 Å². The van der Waals surface area contributed by atoms with Gasteiger partial charge in [-0.2, -0.15) is 4.39 Å². The van der Waals surface area contributed by atoms with Crippen LogP contribution in [0.1, 0.15) is 0 Å². The van der Waals surface area contributed by atoms with Crippen molar-refractivity contribution in [3.05, 3.63) is 15.2 Å². The highest BCUT2D eigenvalue weighted by Crippen LogP contribution is 2.15. The minimum atomic E-state index is -0.264. The monoisotopic (exact) mass is 181 g/mol. The molecule has 0 saturated heterocycles. The van der Waals surface area contributed by atoms with Gasteiger partial charge < -0.3 is 0 Å². The van der Waals surface area contributed by atoms with Crippen molar-refractivity contribution in [1.29, 1.82) is 0 Å². The summed E-state index contributed by atoms with van der Waals surface area (Å²) in [7, 11) is 0. The van der Waals surface area contributed by atoms with Crippen molar-refractivity contribution in [2.24, 2.45) is 0 Å². The van der Waals surface area contributed by atoms with Crippen LogP contribution in [0.15, 0.2) is 10.1 Å². The minimum Gasteiger partial charge on any atom is -0.235 e. The van der Waals surface area contributed by atoms with Crippen molar-refractivity contribution in [2.45, 2.75) is 0 Å². The Balaban J connectivity index is 3.12. The number of halogens is 2. The van der Waals surface area contributed by atoms with Gasteiger partial charge in [0.1, 0.15) is 0 Å². The summed E-state index contributed by atoms with van der Waals surface area (Å²) < 4.78 is 12.3. The van der Waals surface area contributed by atoms with Crippen LogP contribution >= 0.6 is 27.3 Å². The maximum absolute atomic E-state index is 12.0. The van der Waals surface area contributed by atoms with E-state index in [2.05, 4.69) is 20.9 Å². The van der Waals surface area contributed by atoms with Gasteiger partial charge in [-0.15, -0.1) is 0 Å². The smallest absolute Gasteiger partial charge is 0.210 e. The molecule has 0 bridgehead atoms. The molecule has 0 saturated carbocycles. The molecule has 1 heterocycles. The molecule has 0 amide bonds. The van der Waals surface area contributed by atoms with Gasteiger partial charge in [0, 0.05) is 0 Å². The summed E-state index contributed by atoms with van der Waals surface area (Å²) in [6, 6.07) is 0. The molecule has 7 heavy (non-hydrogen) atoms. The molecule has 4 heteroatoms. The highest BCUT2D eigenvalue weighted by molar-refractivity contribution is 9.10. The molecular weight excluding hydrogens is 181 g/mol. The first-order valence-electron chi connectivity index (χ1n) is 1.55. The largest absolute Gasteiger partial charge is 0.235 e. The molecule has 1 rings (SSSR count). The summed E-state index contributed by atoms with van der Waals surface area (Å²) in [5.74, 6) is 0. The Bertz CT molecular complexity index is 147. The number of aromatic nitrogens is 1. The molecule has 1 nitrogen and oxygen atoms in total. The fraction of sp³-hybridized carbons (Fsp3) is 0. The Labute approximate surface area is 52.3 Å². The lowest BCUT2D eigenvalue weighted by Gasteiger charge is -1.70. The van der Waals surface area contributed by atoms with E-state index < -0.39 is 0 Å². The first kappa shape index (κ1) is 5.18. The first-order chi connectivity index (χ1) is 3.30. The molecule has 0 unspecified atom stereocenters. The Hall–Kier alpha value is 0.0400. The van der Waals surface area contributed by atoms with Crippen molar-refractivity contribution in [3.63, 3.8) is 0 Å². The molecule has 0 aliphatic rings.